The third-order valence-corrected chi connectivity index (χ3v) is 5.62. The smallest absolute Gasteiger partial charge is 0.231 e. The zero-order chi connectivity index (χ0) is 15.4. The summed E-state index contributed by atoms with van der Waals surface area (Å²) < 4.78 is 2.02. The maximum absolute atomic E-state index is 10.6. The number of aromatic amines is 1. The van der Waals surface area contributed by atoms with Gasteiger partial charge in [0.05, 0.1) is 17.1 Å². The standard InChI is InChI=1S/C17H14N4OS/c22-15-11-6-2-1-5-10(11)9-14(15)23-17-20-19-16-18-12-7-3-4-8-13(12)21(16)17/h1-8,14-15,22H,9H2,(H,18,19)/t14-,15+/m0/s1. The van der Waals surface area contributed by atoms with Crippen LogP contribution in [0.3, 0.4) is 0 Å². The number of aliphatic hydroxyl groups excluding tert-OH is 1. The fourth-order valence-electron chi connectivity index (χ4n) is 3.30. The minimum Gasteiger partial charge on any atom is -0.387 e. The number of thioether (sulfide) groups is 1. The van der Waals surface area contributed by atoms with E-state index in [2.05, 4.69) is 21.2 Å². The van der Waals surface area contributed by atoms with Crippen LogP contribution in [-0.4, -0.2) is 29.9 Å². The van der Waals surface area contributed by atoms with Gasteiger partial charge in [-0.15, -0.1) is 5.10 Å². The van der Waals surface area contributed by atoms with E-state index in [1.807, 2.05) is 46.9 Å². The molecule has 0 radical (unpaired) electrons. The highest BCUT2D eigenvalue weighted by molar-refractivity contribution is 7.99. The normalized spacial score (nSPS) is 20.4. The summed E-state index contributed by atoms with van der Waals surface area (Å²) in [5.74, 6) is 0.735. The van der Waals surface area contributed by atoms with Crippen molar-refractivity contribution in [2.45, 2.75) is 22.9 Å². The van der Waals surface area contributed by atoms with Gasteiger partial charge in [-0.1, -0.05) is 48.2 Å². The summed E-state index contributed by atoms with van der Waals surface area (Å²) in [5.41, 5.74) is 4.23. The second-order valence-corrected chi connectivity index (χ2v) is 6.98. The SMILES string of the molecule is O[C@@H]1c2ccccc2C[C@@H]1Sc1n[nH]c2nc3ccccc3n12. The Hall–Kier alpha value is -2.31. The van der Waals surface area contributed by atoms with Gasteiger partial charge < -0.3 is 5.11 Å². The summed E-state index contributed by atoms with van der Waals surface area (Å²) in [6, 6.07) is 16.1. The minimum atomic E-state index is -0.460. The lowest BCUT2D eigenvalue weighted by molar-refractivity contribution is 0.185. The minimum absolute atomic E-state index is 0.0695. The first kappa shape index (κ1) is 13.2. The molecule has 23 heavy (non-hydrogen) atoms. The summed E-state index contributed by atoms with van der Waals surface area (Å²) in [6.07, 6.45) is 0.390. The Kier molecular flexibility index (Phi) is 2.77. The quantitative estimate of drug-likeness (QED) is 0.595. The molecular formula is C17H14N4OS. The molecule has 2 aromatic heterocycles. The second-order valence-electron chi connectivity index (χ2n) is 5.77. The number of aromatic nitrogens is 4. The fourth-order valence-corrected chi connectivity index (χ4v) is 4.50. The molecule has 1 aliphatic rings. The van der Waals surface area contributed by atoms with Gasteiger partial charge in [0.1, 0.15) is 0 Å². The van der Waals surface area contributed by atoms with Crippen LogP contribution in [0.1, 0.15) is 17.2 Å². The van der Waals surface area contributed by atoms with Crippen molar-refractivity contribution < 1.29 is 5.11 Å². The molecule has 0 bridgehead atoms. The fraction of sp³-hybridized carbons (Fsp3) is 0.176. The van der Waals surface area contributed by atoms with Gasteiger partial charge >= 0.3 is 0 Å². The van der Waals surface area contributed by atoms with Crippen molar-refractivity contribution in [1.82, 2.24) is 19.6 Å². The van der Waals surface area contributed by atoms with Gasteiger partial charge in [0.2, 0.25) is 5.78 Å². The number of nitrogens with one attached hydrogen (secondary N) is 1. The molecule has 2 heterocycles. The molecule has 114 valence electrons. The van der Waals surface area contributed by atoms with Gasteiger partial charge in [-0.2, -0.15) is 0 Å². The van der Waals surface area contributed by atoms with E-state index in [0.29, 0.717) is 0 Å². The molecule has 0 unspecified atom stereocenters. The number of fused-ring (bicyclic) bond motifs is 4. The van der Waals surface area contributed by atoms with Crippen LogP contribution in [0.15, 0.2) is 53.7 Å². The van der Waals surface area contributed by atoms with Gasteiger partial charge in [0.15, 0.2) is 5.16 Å². The average Bonchev–Trinajstić information content (AvgIpc) is 3.22. The van der Waals surface area contributed by atoms with E-state index >= 15 is 0 Å². The first-order valence-corrected chi connectivity index (χ1v) is 8.43. The van der Waals surface area contributed by atoms with Crippen LogP contribution in [0.4, 0.5) is 0 Å². The molecule has 0 aliphatic heterocycles. The number of para-hydroxylation sites is 2. The maximum atomic E-state index is 10.6. The van der Waals surface area contributed by atoms with Crippen molar-refractivity contribution in [3.63, 3.8) is 0 Å². The van der Waals surface area contributed by atoms with Gasteiger partial charge in [-0.05, 0) is 29.7 Å². The molecule has 2 atom stereocenters. The van der Waals surface area contributed by atoms with Gasteiger partial charge in [-0.3, -0.25) is 4.40 Å². The lowest BCUT2D eigenvalue weighted by atomic mass is 10.1. The Morgan fingerprint density at radius 2 is 1.96 bits per heavy atom. The van der Waals surface area contributed by atoms with Crippen molar-refractivity contribution in [3.8, 4) is 0 Å². The molecular weight excluding hydrogens is 308 g/mol. The Balaban J connectivity index is 1.55. The largest absolute Gasteiger partial charge is 0.387 e. The molecule has 2 N–H and O–H groups in total. The molecule has 1 aliphatic carbocycles. The average molecular weight is 322 g/mol. The zero-order valence-electron chi connectivity index (χ0n) is 12.2. The Bertz CT molecular complexity index is 1020. The molecule has 0 amide bonds. The Morgan fingerprint density at radius 3 is 2.87 bits per heavy atom. The molecule has 0 saturated heterocycles. The molecule has 2 aromatic carbocycles. The van der Waals surface area contributed by atoms with Gasteiger partial charge in [-0.25, -0.2) is 10.1 Å². The molecule has 6 heteroatoms. The third-order valence-electron chi connectivity index (χ3n) is 4.41. The highest BCUT2D eigenvalue weighted by atomic mass is 32.2. The van der Waals surface area contributed by atoms with Crippen molar-refractivity contribution in [2.75, 3.05) is 0 Å². The van der Waals surface area contributed by atoms with E-state index in [9.17, 15) is 5.11 Å². The predicted molar refractivity (Wildman–Crippen MR) is 89.6 cm³/mol. The molecule has 0 saturated carbocycles. The molecule has 5 rings (SSSR count). The lowest BCUT2D eigenvalue weighted by Crippen LogP contribution is -2.10. The van der Waals surface area contributed by atoms with Crippen molar-refractivity contribution in [2.24, 2.45) is 0 Å². The zero-order valence-corrected chi connectivity index (χ0v) is 13.0. The number of hydrogen-bond acceptors (Lipinski definition) is 4. The number of aliphatic hydroxyl groups is 1. The number of hydrogen-bond donors (Lipinski definition) is 2. The third kappa shape index (κ3) is 1.92. The Labute approximate surface area is 136 Å². The summed E-state index contributed by atoms with van der Waals surface area (Å²) in [4.78, 5) is 4.54. The number of nitrogens with zero attached hydrogens (tertiary/aromatic N) is 3. The highest BCUT2D eigenvalue weighted by Crippen LogP contribution is 2.41. The van der Waals surface area contributed by atoms with Crippen LogP contribution in [0.5, 0.6) is 0 Å². The lowest BCUT2D eigenvalue weighted by Gasteiger charge is -2.13. The van der Waals surface area contributed by atoms with Crippen molar-refractivity contribution >= 4 is 28.6 Å². The summed E-state index contributed by atoms with van der Waals surface area (Å²) in [6.45, 7) is 0. The van der Waals surface area contributed by atoms with Crippen LogP contribution < -0.4 is 0 Å². The molecule has 4 aromatic rings. The van der Waals surface area contributed by atoms with E-state index in [4.69, 9.17) is 0 Å². The number of rotatable bonds is 2. The van der Waals surface area contributed by atoms with E-state index in [0.717, 1.165) is 34.0 Å². The van der Waals surface area contributed by atoms with Crippen LogP contribution in [-0.2, 0) is 6.42 Å². The number of benzene rings is 2. The van der Waals surface area contributed by atoms with Crippen LogP contribution in [0.2, 0.25) is 0 Å². The van der Waals surface area contributed by atoms with E-state index < -0.39 is 6.10 Å². The number of imidazole rings is 1. The predicted octanol–water partition coefficient (Wildman–Crippen LogP) is 2.96. The van der Waals surface area contributed by atoms with Crippen molar-refractivity contribution in [1.29, 1.82) is 0 Å². The molecule has 5 nitrogen and oxygen atoms in total. The molecule has 0 spiro atoms. The monoisotopic (exact) mass is 322 g/mol. The van der Waals surface area contributed by atoms with E-state index in [1.165, 1.54) is 5.56 Å². The molecule has 0 fully saturated rings. The van der Waals surface area contributed by atoms with Crippen molar-refractivity contribution in [3.05, 3.63) is 59.7 Å². The van der Waals surface area contributed by atoms with E-state index in [-0.39, 0.29) is 5.25 Å². The van der Waals surface area contributed by atoms with Gasteiger partial charge in [0.25, 0.3) is 0 Å². The maximum Gasteiger partial charge on any atom is 0.231 e. The highest BCUT2D eigenvalue weighted by Gasteiger charge is 2.32. The summed E-state index contributed by atoms with van der Waals surface area (Å²) >= 11 is 1.60. The second kappa shape index (κ2) is 4.84. The van der Waals surface area contributed by atoms with Crippen LogP contribution in [0, 0.1) is 0 Å². The first-order valence-electron chi connectivity index (χ1n) is 7.55. The van der Waals surface area contributed by atoms with Crippen LogP contribution in [0.25, 0.3) is 16.8 Å². The summed E-state index contributed by atoms with van der Waals surface area (Å²) in [5, 5.41) is 18.9. The van der Waals surface area contributed by atoms with E-state index in [1.54, 1.807) is 11.8 Å². The van der Waals surface area contributed by atoms with Crippen LogP contribution >= 0.6 is 11.8 Å². The first-order chi connectivity index (χ1) is 11.3. The number of H-pyrrole nitrogens is 1. The topological polar surface area (TPSA) is 66.2 Å². The Morgan fingerprint density at radius 1 is 1.13 bits per heavy atom. The van der Waals surface area contributed by atoms with Gasteiger partial charge in [0, 0.05) is 5.25 Å². The summed E-state index contributed by atoms with van der Waals surface area (Å²) in [7, 11) is 0.